The molecule has 134 valence electrons. The van der Waals surface area contributed by atoms with Crippen molar-refractivity contribution < 1.29 is 9.18 Å². The summed E-state index contributed by atoms with van der Waals surface area (Å²) in [4.78, 5) is 14.7. The fraction of sp³-hybridized carbons (Fsp3) is 0.350. The van der Waals surface area contributed by atoms with Crippen LogP contribution in [0.25, 0.3) is 0 Å². The number of carbonyl (C=O) groups is 1. The average molecular weight is 363 g/mol. The van der Waals surface area contributed by atoms with Crippen LogP contribution in [0.2, 0.25) is 0 Å². The monoisotopic (exact) mass is 362 g/mol. The lowest BCUT2D eigenvalue weighted by atomic mass is 9.91. The van der Waals surface area contributed by atoms with E-state index in [2.05, 4.69) is 0 Å². The van der Waals surface area contributed by atoms with Gasteiger partial charge in [0.2, 0.25) is 5.91 Å². The molecule has 1 heterocycles. The van der Waals surface area contributed by atoms with Gasteiger partial charge in [-0.05, 0) is 48.9 Å². The molecule has 1 fully saturated rings. The van der Waals surface area contributed by atoms with Crippen LogP contribution in [0.1, 0.15) is 24.5 Å². The fourth-order valence-corrected chi connectivity index (χ4v) is 3.37. The van der Waals surface area contributed by atoms with Crippen LogP contribution in [0.15, 0.2) is 54.6 Å². The standard InChI is InChI=1S/C20H23FN2O.ClH/c1-20(22,17-5-3-2-4-6-17)19(24)23-12-11-16(14-23)13-15-7-9-18(21)10-8-15;/h2-10,16H,11-14,22H2,1H3;1H. The highest BCUT2D eigenvalue weighted by Gasteiger charge is 2.37. The minimum atomic E-state index is -1.01. The largest absolute Gasteiger partial charge is 0.341 e. The van der Waals surface area contributed by atoms with E-state index in [0.717, 1.165) is 30.5 Å². The number of rotatable bonds is 4. The molecule has 3 nitrogen and oxygen atoms in total. The molecule has 1 aliphatic heterocycles. The summed E-state index contributed by atoms with van der Waals surface area (Å²) in [6.45, 7) is 3.21. The summed E-state index contributed by atoms with van der Waals surface area (Å²) >= 11 is 0. The van der Waals surface area contributed by atoms with Crippen molar-refractivity contribution in [2.75, 3.05) is 13.1 Å². The zero-order valence-electron chi connectivity index (χ0n) is 14.3. The Hall–Kier alpha value is -1.91. The number of nitrogens with two attached hydrogens (primary N) is 1. The first-order valence-electron chi connectivity index (χ1n) is 8.35. The average Bonchev–Trinajstić information content (AvgIpc) is 3.05. The van der Waals surface area contributed by atoms with Crippen molar-refractivity contribution in [2.24, 2.45) is 11.7 Å². The maximum absolute atomic E-state index is 13.0. The molecule has 0 spiro atoms. The minimum absolute atomic E-state index is 0. The molecular weight excluding hydrogens is 339 g/mol. The molecule has 2 N–H and O–H groups in total. The van der Waals surface area contributed by atoms with Crippen LogP contribution in [0.4, 0.5) is 4.39 Å². The van der Waals surface area contributed by atoms with Crippen molar-refractivity contribution in [1.29, 1.82) is 0 Å². The van der Waals surface area contributed by atoms with Gasteiger partial charge in [-0.25, -0.2) is 4.39 Å². The van der Waals surface area contributed by atoms with Gasteiger partial charge >= 0.3 is 0 Å². The predicted molar refractivity (Wildman–Crippen MR) is 100 cm³/mol. The third-order valence-electron chi connectivity index (χ3n) is 4.83. The van der Waals surface area contributed by atoms with E-state index in [1.807, 2.05) is 47.4 Å². The molecule has 0 bridgehead atoms. The molecular formula is C20H24ClFN2O. The second-order valence-electron chi connectivity index (χ2n) is 6.80. The summed E-state index contributed by atoms with van der Waals surface area (Å²) < 4.78 is 13.0. The summed E-state index contributed by atoms with van der Waals surface area (Å²) in [5, 5.41) is 0. The van der Waals surface area contributed by atoms with Crippen molar-refractivity contribution in [3.63, 3.8) is 0 Å². The molecule has 0 aliphatic carbocycles. The second kappa shape index (κ2) is 7.98. The smallest absolute Gasteiger partial charge is 0.246 e. The van der Waals surface area contributed by atoms with Crippen LogP contribution in [-0.4, -0.2) is 23.9 Å². The summed E-state index contributed by atoms with van der Waals surface area (Å²) in [5.41, 5.74) is 7.27. The molecule has 2 aromatic carbocycles. The lowest BCUT2D eigenvalue weighted by molar-refractivity contribution is -0.135. The molecule has 1 amide bonds. The number of carbonyl (C=O) groups excluding carboxylic acids is 1. The van der Waals surface area contributed by atoms with Crippen LogP contribution in [0.5, 0.6) is 0 Å². The minimum Gasteiger partial charge on any atom is -0.341 e. The summed E-state index contributed by atoms with van der Waals surface area (Å²) in [6, 6.07) is 16.1. The van der Waals surface area contributed by atoms with E-state index < -0.39 is 5.54 Å². The Morgan fingerprint density at radius 1 is 1.20 bits per heavy atom. The summed E-state index contributed by atoms with van der Waals surface area (Å²) in [5.74, 6) is 0.144. The first-order valence-corrected chi connectivity index (χ1v) is 8.35. The number of hydrogen-bond donors (Lipinski definition) is 1. The van der Waals surface area contributed by atoms with E-state index in [9.17, 15) is 9.18 Å². The Kier molecular flexibility index (Phi) is 6.20. The van der Waals surface area contributed by atoms with Crippen molar-refractivity contribution >= 4 is 18.3 Å². The first kappa shape index (κ1) is 19.4. The van der Waals surface area contributed by atoms with E-state index in [4.69, 9.17) is 5.73 Å². The Morgan fingerprint density at radius 2 is 1.84 bits per heavy atom. The predicted octanol–water partition coefficient (Wildman–Crippen LogP) is 3.51. The fourth-order valence-electron chi connectivity index (χ4n) is 3.37. The molecule has 25 heavy (non-hydrogen) atoms. The Balaban J connectivity index is 0.00000225. The van der Waals surface area contributed by atoms with E-state index >= 15 is 0 Å². The maximum atomic E-state index is 13.0. The van der Waals surface area contributed by atoms with E-state index in [1.54, 1.807) is 6.92 Å². The Labute approximate surface area is 154 Å². The molecule has 2 unspecified atom stereocenters. The second-order valence-corrected chi connectivity index (χ2v) is 6.80. The number of halogens is 2. The normalized spacial score (nSPS) is 19.2. The van der Waals surface area contributed by atoms with Gasteiger partial charge in [-0.1, -0.05) is 42.5 Å². The number of amides is 1. The molecule has 0 radical (unpaired) electrons. The molecule has 1 aliphatic rings. The number of likely N-dealkylation sites (tertiary alicyclic amines) is 1. The maximum Gasteiger partial charge on any atom is 0.246 e. The molecule has 5 heteroatoms. The van der Waals surface area contributed by atoms with Crippen LogP contribution in [0.3, 0.4) is 0 Å². The number of hydrogen-bond acceptors (Lipinski definition) is 2. The quantitative estimate of drug-likeness (QED) is 0.904. The molecule has 2 atom stereocenters. The zero-order valence-corrected chi connectivity index (χ0v) is 15.1. The first-order chi connectivity index (χ1) is 11.5. The van der Waals surface area contributed by atoms with Gasteiger partial charge in [0.15, 0.2) is 0 Å². The third-order valence-corrected chi connectivity index (χ3v) is 4.83. The lowest BCUT2D eigenvalue weighted by Gasteiger charge is -2.29. The lowest BCUT2D eigenvalue weighted by Crippen LogP contribution is -2.50. The van der Waals surface area contributed by atoms with E-state index in [0.29, 0.717) is 12.5 Å². The molecule has 2 aromatic rings. The van der Waals surface area contributed by atoms with Crippen LogP contribution in [0, 0.1) is 11.7 Å². The topological polar surface area (TPSA) is 46.3 Å². The SMILES string of the molecule is CC(N)(C(=O)N1CCC(Cc2ccc(F)cc2)C1)c1ccccc1.Cl. The highest BCUT2D eigenvalue weighted by atomic mass is 35.5. The number of benzene rings is 2. The van der Waals surface area contributed by atoms with Crippen LogP contribution >= 0.6 is 12.4 Å². The van der Waals surface area contributed by atoms with Gasteiger partial charge in [0.05, 0.1) is 0 Å². The number of nitrogens with zero attached hydrogens (tertiary/aromatic N) is 1. The highest BCUT2D eigenvalue weighted by Crippen LogP contribution is 2.26. The van der Waals surface area contributed by atoms with E-state index in [1.165, 1.54) is 12.1 Å². The zero-order chi connectivity index (χ0) is 17.2. The Morgan fingerprint density at radius 3 is 2.48 bits per heavy atom. The van der Waals surface area contributed by atoms with Crippen LogP contribution in [-0.2, 0) is 16.8 Å². The van der Waals surface area contributed by atoms with Crippen molar-refractivity contribution in [1.82, 2.24) is 4.90 Å². The van der Waals surface area contributed by atoms with Gasteiger partial charge in [-0.2, -0.15) is 0 Å². The summed E-state index contributed by atoms with van der Waals surface area (Å²) in [6.07, 6.45) is 1.81. The molecule has 0 aromatic heterocycles. The van der Waals surface area contributed by atoms with Crippen molar-refractivity contribution in [3.05, 3.63) is 71.5 Å². The summed E-state index contributed by atoms with van der Waals surface area (Å²) in [7, 11) is 0. The third kappa shape index (κ3) is 4.39. The van der Waals surface area contributed by atoms with Crippen LogP contribution < -0.4 is 5.73 Å². The van der Waals surface area contributed by atoms with Gasteiger partial charge in [-0.3, -0.25) is 4.79 Å². The highest BCUT2D eigenvalue weighted by molar-refractivity contribution is 5.87. The Bertz CT molecular complexity index is 703. The van der Waals surface area contributed by atoms with Gasteiger partial charge in [0.1, 0.15) is 11.4 Å². The van der Waals surface area contributed by atoms with Crippen molar-refractivity contribution in [3.8, 4) is 0 Å². The van der Waals surface area contributed by atoms with Gasteiger partial charge in [0.25, 0.3) is 0 Å². The van der Waals surface area contributed by atoms with Gasteiger partial charge < -0.3 is 10.6 Å². The molecule has 3 rings (SSSR count). The van der Waals surface area contributed by atoms with Crippen molar-refractivity contribution in [2.45, 2.75) is 25.3 Å². The van der Waals surface area contributed by atoms with Gasteiger partial charge in [-0.15, -0.1) is 12.4 Å². The molecule has 0 saturated carbocycles. The van der Waals surface area contributed by atoms with E-state index in [-0.39, 0.29) is 24.1 Å². The molecule has 1 saturated heterocycles. The van der Waals surface area contributed by atoms with Gasteiger partial charge in [0, 0.05) is 13.1 Å².